The number of aliphatic hydroxyl groups is 3. The summed E-state index contributed by atoms with van der Waals surface area (Å²) >= 11 is 0. The lowest BCUT2D eigenvalue weighted by molar-refractivity contribution is -0.246. The Morgan fingerprint density at radius 3 is 0.647 bits per heavy atom. The van der Waals surface area contributed by atoms with Crippen LogP contribution in [0.4, 0.5) is 0 Å². The summed E-state index contributed by atoms with van der Waals surface area (Å²) in [5.41, 5.74) is -9.46. The average molecular weight is 931 g/mol. The molecule has 9 rings (SSSR count). The molecule has 68 heavy (non-hydrogen) atoms. The summed E-state index contributed by atoms with van der Waals surface area (Å²) in [7, 11) is 18.0. The van der Waals surface area contributed by atoms with Gasteiger partial charge in [0, 0.05) is 0 Å². The van der Waals surface area contributed by atoms with E-state index in [9.17, 15) is 0 Å². The van der Waals surface area contributed by atoms with Crippen molar-refractivity contribution in [3.63, 3.8) is 0 Å². The molecule has 0 amide bonds. The van der Waals surface area contributed by atoms with Crippen LogP contribution in [-0.4, -0.2) is 101 Å². The molecule has 0 aromatic heterocycles. The second-order valence-corrected chi connectivity index (χ2v) is 16.6. The first-order valence-corrected chi connectivity index (χ1v) is 21.4. The summed E-state index contributed by atoms with van der Waals surface area (Å²) in [5, 5.41) is 46.4. The number of fused-ring (bicyclic) bond motifs is 3. The van der Waals surface area contributed by atoms with Crippen LogP contribution in [0, 0.1) is 5.41 Å². The van der Waals surface area contributed by atoms with Gasteiger partial charge >= 0.3 is 0 Å². The fourth-order valence-electron chi connectivity index (χ4n) is 12.0. The lowest BCUT2D eigenvalue weighted by Crippen LogP contribution is -2.68. The standard InChI is InChI=1S/C53H54O15/c1-57-37-16-13-28(19-40(37)60-4)50(54)34-25-46(66-10)43(63-7)22-31(34)49-32-23-44(64-8)47(67-11)26-35(32)51(55,29-14-17-38(58-2)41(20-29)61-5)53(49,50)52(56,30-15-18-39(59-3)42(21-30)62-6)36-27-48(68-12)45(65-9)24-33(36)49/h13-27,54-56H,1-12H3/t49?,50-,51-,52?,53?/m1/s1. The Bertz CT molecular complexity index is 2670. The maximum absolute atomic E-state index is 15.5. The molecule has 0 fully saturated rings. The first-order chi connectivity index (χ1) is 32.8. The van der Waals surface area contributed by atoms with Crippen molar-refractivity contribution < 1.29 is 72.2 Å². The summed E-state index contributed by atoms with van der Waals surface area (Å²) in [4.78, 5) is 0. The van der Waals surface area contributed by atoms with Crippen LogP contribution in [-0.2, 0) is 22.2 Å². The number of hydrogen-bond donors (Lipinski definition) is 3. The third-order valence-electron chi connectivity index (χ3n) is 14.5. The van der Waals surface area contributed by atoms with Crippen molar-refractivity contribution in [1.82, 2.24) is 0 Å². The molecule has 1 unspecified atom stereocenters. The van der Waals surface area contributed by atoms with Gasteiger partial charge in [-0.05, 0) is 123 Å². The summed E-state index contributed by atoms with van der Waals surface area (Å²) in [6.45, 7) is 0. The zero-order chi connectivity index (χ0) is 48.7. The predicted molar refractivity (Wildman–Crippen MR) is 249 cm³/mol. The summed E-state index contributed by atoms with van der Waals surface area (Å²) < 4.78 is 71.6. The molecular weight excluding hydrogens is 877 g/mol. The SMILES string of the molecule is COc1ccc(C2(O)c3cc(OC)c(OC)cc3C34c5cc(OC)c(OC)cc5[C@](O)(c5ccc(OC)c(OC)c5)C23[C@@](O)(c2ccc(OC)c(OC)c2)c2cc(OC)c(OC)cc24)cc1OC. The van der Waals surface area contributed by atoms with Crippen LogP contribution in [0.3, 0.4) is 0 Å². The van der Waals surface area contributed by atoms with E-state index in [0.29, 0.717) is 51.2 Å². The molecule has 15 nitrogen and oxygen atoms in total. The van der Waals surface area contributed by atoms with Gasteiger partial charge in [-0.15, -0.1) is 0 Å². The van der Waals surface area contributed by atoms with Gasteiger partial charge in [0.1, 0.15) is 16.8 Å². The van der Waals surface area contributed by atoms with Crippen molar-refractivity contribution in [3.8, 4) is 69.0 Å². The number of benzene rings is 6. The van der Waals surface area contributed by atoms with Crippen LogP contribution in [0.5, 0.6) is 69.0 Å². The van der Waals surface area contributed by atoms with Gasteiger partial charge in [-0.1, -0.05) is 18.2 Å². The summed E-state index contributed by atoms with van der Waals surface area (Å²) in [6.07, 6.45) is 0. The Kier molecular flexibility index (Phi) is 11.0. The van der Waals surface area contributed by atoms with Gasteiger partial charge in [0.05, 0.1) is 96.1 Å². The van der Waals surface area contributed by atoms with Gasteiger partial charge in [-0.25, -0.2) is 0 Å². The molecule has 0 spiro atoms. The minimum Gasteiger partial charge on any atom is -0.493 e. The maximum Gasteiger partial charge on any atom is 0.161 e. The molecule has 0 saturated carbocycles. The monoisotopic (exact) mass is 930 g/mol. The van der Waals surface area contributed by atoms with E-state index >= 15 is 15.3 Å². The molecule has 6 aromatic rings. The molecule has 0 radical (unpaired) electrons. The molecule has 0 saturated heterocycles. The average Bonchev–Trinajstić information content (AvgIpc) is 3.84. The van der Waals surface area contributed by atoms with E-state index in [1.807, 2.05) is 0 Å². The number of rotatable bonds is 15. The van der Waals surface area contributed by atoms with E-state index in [-0.39, 0.29) is 67.9 Å². The largest absolute Gasteiger partial charge is 0.493 e. The van der Waals surface area contributed by atoms with E-state index in [4.69, 9.17) is 56.8 Å². The Morgan fingerprint density at radius 2 is 0.441 bits per heavy atom. The minimum atomic E-state index is -2.55. The van der Waals surface area contributed by atoms with E-state index in [1.54, 1.807) is 91.0 Å². The molecule has 3 atom stereocenters. The Balaban J connectivity index is 1.68. The molecule has 6 aromatic carbocycles. The molecule has 0 aliphatic heterocycles. The first kappa shape index (κ1) is 45.9. The normalized spacial score (nSPS) is 23.5. The molecule has 3 N–H and O–H groups in total. The zero-order valence-electron chi connectivity index (χ0n) is 39.9. The fourth-order valence-corrected chi connectivity index (χ4v) is 12.0. The third-order valence-corrected chi connectivity index (χ3v) is 14.5. The van der Waals surface area contributed by atoms with Gasteiger partial charge in [-0.2, -0.15) is 0 Å². The van der Waals surface area contributed by atoms with Crippen molar-refractivity contribution in [2.24, 2.45) is 5.41 Å². The Labute approximate surface area is 394 Å². The van der Waals surface area contributed by atoms with Gasteiger partial charge in [-0.3, -0.25) is 0 Å². The van der Waals surface area contributed by atoms with Gasteiger partial charge in [0.2, 0.25) is 0 Å². The first-order valence-electron chi connectivity index (χ1n) is 21.4. The van der Waals surface area contributed by atoms with Crippen molar-refractivity contribution in [2.75, 3.05) is 85.3 Å². The zero-order valence-corrected chi connectivity index (χ0v) is 39.9. The van der Waals surface area contributed by atoms with Crippen LogP contribution in [0.15, 0.2) is 91.0 Å². The van der Waals surface area contributed by atoms with Crippen LogP contribution < -0.4 is 56.8 Å². The third kappa shape index (κ3) is 5.23. The molecule has 3 aliphatic carbocycles. The van der Waals surface area contributed by atoms with Crippen molar-refractivity contribution >= 4 is 0 Å². The smallest absolute Gasteiger partial charge is 0.161 e. The van der Waals surface area contributed by atoms with Gasteiger partial charge in [0.15, 0.2) is 69.0 Å². The topological polar surface area (TPSA) is 171 Å². The van der Waals surface area contributed by atoms with E-state index in [1.165, 1.54) is 85.3 Å². The number of methoxy groups -OCH3 is 12. The maximum atomic E-state index is 15.5. The highest BCUT2D eigenvalue weighted by Crippen LogP contribution is 2.88. The van der Waals surface area contributed by atoms with E-state index < -0.39 is 27.6 Å². The van der Waals surface area contributed by atoms with Crippen LogP contribution in [0.25, 0.3) is 0 Å². The second-order valence-electron chi connectivity index (χ2n) is 16.6. The lowest BCUT2D eigenvalue weighted by Gasteiger charge is -2.59. The van der Waals surface area contributed by atoms with Crippen LogP contribution >= 0.6 is 0 Å². The molecule has 0 heterocycles. The quantitative estimate of drug-likeness (QED) is 0.0975. The molecule has 356 valence electrons. The summed E-state index contributed by atoms with van der Waals surface area (Å²) in [5.74, 6) is 3.42. The molecule has 0 bridgehead atoms. The predicted octanol–water partition coefficient (Wildman–Crippen LogP) is 6.86. The Morgan fingerprint density at radius 1 is 0.250 bits per heavy atom. The van der Waals surface area contributed by atoms with Crippen LogP contribution in [0.1, 0.15) is 50.1 Å². The highest BCUT2D eigenvalue weighted by atomic mass is 16.5. The Hall–Kier alpha value is -7.20. The lowest BCUT2D eigenvalue weighted by atomic mass is 9.46. The van der Waals surface area contributed by atoms with E-state index in [0.717, 1.165) is 0 Å². The van der Waals surface area contributed by atoms with Gasteiger partial charge < -0.3 is 72.2 Å². The van der Waals surface area contributed by atoms with Crippen molar-refractivity contribution in [1.29, 1.82) is 0 Å². The molecule has 3 aliphatic rings. The van der Waals surface area contributed by atoms with Crippen molar-refractivity contribution in [2.45, 2.75) is 22.2 Å². The minimum absolute atomic E-state index is 0.182. The number of ether oxygens (including phenoxy) is 12. The van der Waals surface area contributed by atoms with E-state index in [2.05, 4.69) is 0 Å². The van der Waals surface area contributed by atoms with Gasteiger partial charge in [0.25, 0.3) is 0 Å². The summed E-state index contributed by atoms with van der Waals surface area (Å²) in [6, 6.07) is 25.4. The van der Waals surface area contributed by atoms with Crippen molar-refractivity contribution in [3.05, 3.63) is 141 Å². The van der Waals surface area contributed by atoms with Crippen LogP contribution in [0.2, 0.25) is 0 Å². The number of hydrogen-bond acceptors (Lipinski definition) is 15. The molecular formula is C53H54O15. The fraction of sp³-hybridized carbons (Fsp3) is 0.321. The second kappa shape index (κ2) is 16.2. The molecule has 15 heteroatoms. The highest BCUT2D eigenvalue weighted by Gasteiger charge is 2.92. The highest BCUT2D eigenvalue weighted by molar-refractivity contribution is 5.85.